The largest absolute Gasteiger partial charge is 0.388 e. The van der Waals surface area contributed by atoms with Gasteiger partial charge >= 0.3 is 0 Å². The van der Waals surface area contributed by atoms with Crippen LogP contribution in [0.1, 0.15) is 37.9 Å². The van der Waals surface area contributed by atoms with Gasteiger partial charge in [0.15, 0.2) is 0 Å². The zero-order chi connectivity index (χ0) is 14.8. The second-order valence-corrected chi connectivity index (χ2v) is 7.32. The lowest BCUT2D eigenvalue weighted by Crippen LogP contribution is -2.55. The molecule has 0 saturated carbocycles. The lowest BCUT2D eigenvalue weighted by Gasteiger charge is -2.42. The van der Waals surface area contributed by atoms with E-state index < -0.39 is 0 Å². The number of rotatable bonds is 4. The lowest BCUT2D eigenvalue weighted by molar-refractivity contribution is 0.0458. The predicted octanol–water partition coefficient (Wildman–Crippen LogP) is 3.04. The van der Waals surface area contributed by atoms with Crippen LogP contribution in [0.4, 0.5) is 0 Å². The normalized spacial score (nSPS) is 28.5. The highest BCUT2D eigenvalue weighted by Gasteiger charge is 2.34. The van der Waals surface area contributed by atoms with Gasteiger partial charge in [-0.1, -0.05) is 34.1 Å². The molecule has 3 unspecified atom stereocenters. The zero-order valence-corrected chi connectivity index (χ0v) is 14.3. The third kappa shape index (κ3) is 3.50. The number of benzene rings is 1. The molecule has 2 fully saturated rings. The van der Waals surface area contributed by atoms with E-state index in [1.165, 1.54) is 32.5 Å². The third-order valence-corrected chi connectivity index (χ3v) is 5.74. The molecule has 21 heavy (non-hydrogen) atoms. The summed E-state index contributed by atoms with van der Waals surface area (Å²) >= 11 is 3.53. The summed E-state index contributed by atoms with van der Waals surface area (Å²) in [4.78, 5) is 5.21. The van der Waals surface area contributed by atoms with Crippen molar-refractivity contribution in [2.24, 2.45) is 0 Å². The Morgan fingerprint density at radius 3 is 2.95 bits per heavy atom. The quantitative estimate of drug-likeness (QED) is 0.901. The topological polar surface area (TPSA) is 26.7 Å². The monoisotopic (exact) mass is 352 g/mol. The van der Waals surface area contributed by atoms with Crippen LogP contribution in [-0.2, 0) is 0 Å². The second-order valence-electron chi connectivity index (χ2n) is 6.46. The fraction of sp³-hybridized carbons (Fsp3) is 0.647. The van der Waals surface area contributed by atoms with Gasteiger partial charge < -0.3 is 5.11 Å². The number of hydrogen-bond acceptors (Lipinski definition) is 3. The highest BCUT2D eigenvalue weighted by molar-refractivity contribution is 9.10. The summed E-state index contributed by atoms with van der Waals surface area (Å²) in [7, 11) is 0. The van der Waals surface area contributed by atoms with Crippen LogP contribution in [0.25, 0.3) is 0 Å². The van der Waals surface area contributed by atoms with E-state index in [0.717, 1.165) is 29.0 Å². The van der Waals surface area contributed by atoms with Crippen molar-refractivity contribution in [1.82, 2.24) is 9.80 Å². The van der Waals surface area contributed by atoms with Gasteiger partial charge in [-0.3, -0.25) is 9.80 Å². The molecule has 2 aliphatic rings. The molecule has 3 atom stereocenters. The Morgan fingerprint density at radius 1 is 1.33 bits per heavy atom. The van der Waals surface area contributed by atoms with Crippen LogP contribution < -0.4 is 0 Å². The molecule has 3 nitrogen and oxygen atoms in total. The van der Waals surface area contributed by atoms with Gasteiger partial charge in [-0.05, 0) is 44.4 Å². The van der Waals surface area contributed by atoms with Gasteiger partial charge in [0.25, 0.3) is 0 Å². The van der Waals surface area contributed by atoms with Crippen molar-refractivity contribution in [2.45, 2.75) is 44.4 Å². The van der Waals surface area contributed by atoms with Crippen molar-refractivity contribution in [1.29, 1.82) is 0 Å². The van der Waals surface area contributed by atoms with E-state index in [4.69, 9.17) is 0 Å². The number of nitrogens with zero attached hydrogens (tertiary/aromatic N) is 2. The maximum atomic E-state index is 10.4. The summed E-state index contributed by atoms with van der Waals surface area (Å²) < 4.78 is 1.01. The molecule has 0 bridgehead atoms. The molecule has 2 saturated heterocycles. The molecule has 2 heterocycles. The first-order valence-corrected chi connectivity index (χ1v) is 8.85. The van der Waals surface area contributed by atoms with Gasteiger partial charge in [-0.15, -0.1) is 0 Å². The average molecular weight is 353 g/mol. The minimum Gasteiger partial charge on any atom is -0.388 e. The molecule has 0 radical (unpaired) electrons. The molecule has 116 valence electrons. The van der Waals surface area contributed by atoms with Crippen LogP contribution in [0.3, 0.4) is 0 Å². The fourth-order valence-electron chi connectivity index (χ4n) is 3.75. The lowest BCUT2D eigenvalue weighted by atomic mass is 10.0. The number of aliphatic hydroxyl groups excluding tert-OH is 1. The number of halogens is 1. The van der Waals surface area contributed by atoms with E-state index in [1.54, 1.807) is 0 Å². The Hall–Kier alpha value is -0.420. The van der Waals surface area contributed by atoms with Crippen molar-refractivity contribution in [3.63, 3.8) is 0 Å². The highest BCUT2D eigenvalue weighted by atomic mass is 79.9. The average Bonchev–Trinajstić information content (AvgIpc) is 2.92. The fourth-order valence-corrected chi connectivity index (χ4v) is 4.30. The van der Waals surface area contributed by atoms with Crippen LogP contribution in [-0.4, -0.2) is 53.2 Å². The highest BCUT2D eigenvalue weighted by Crippen LogP contribution is 2.28. The van der Waals surface area contributed by atoms with Gasteiger partial charge in [0.05, 0.1) is 6.10 Å². The Kier molecular flexibility index (Phi) is 4.99. The SMILES string of the molecule is CC1CN2CCCC2CN1CCC(O)c1ccccc1Br. The van der Waals surface area contributed by atoms with Crippen molar-refractivity contribution in [3.8, 4) is 0 Å². The molecule has 4 heteroatoms. The van der Waals surface area contributed by atoms with Crippen molar-refractivity contribution >= 4 is 15.9 Å². The third-order valence-electron chi connectivity index (χ3n) is 5.02. The molecule has 1 N–H and O–H groups in total. The first-order valence-electron chi connectivity index (χ1n) is 8.05. The van der Waals surface area contributed by atoms with E-state index in [2.05, 4.69) is 32.7 Å². The maximum Gasteiger partial charge on any atom is 0.0813 e. The number of fused-ring (bicyclic) bond motifs is 1. The Morgan fingerprint density at radius 2 is 2.14 bits per heavy atom. The summed E-state index contributed by atoms with van der Waals surface area (Å²) in [6, 6.07) is 9.34. The molecular weight excluding hydrogens is 328 g/mol. The Balaban J connectivity index is 1.56. The van der Waals surface area contributed by atoms with E-state index >= 15 is 0 Å². The molecular formula is C17H25BrN2O. The van der Waals surface area contributed by atoms with Gasteiger partial charge in [-0.2, -0.15) is 0 Å². The molecule has 1 aromatic carbocycles. The first-order chi connectivity index (χ1) is 10.1. The van der Waals surface area contributed by atoms with E-state index in [9.17, 15) is 5.11 Å². The summed E-state index contributed by atoms with van der Waals surface area (Å²) in [5.74, 6) is 0. The van der Waals surface area contributed by atoms with Crippen LogP contribution in [0, 0.1) is 0 Å². The molecule has 0 spiro atoms. The summed E-state index contributed by atoms with van der Waals surface area (Å²) in [6.07, 6.45) is 3.12. The number of aliphatic hydroxyl groups is 1. The van der Waals surface area contributed by atoms with Crippen LogP contribution in [0.5, 0.6) is 0 Å². The van der Waals surface area contributed by atoms with Crippen molar-refractivity contribution in [2.75, 3.05) is 26.2 Å². The minimum absolute atomic E-state index is 0.380. The molecule has 0 aromatic heterocycles. The standard InChI is InChI=1S/C17H25BrN2O/c1-13-11-20-9-4-5-14(20)12-19(13)10-8-17(21)15-6-2-3-7-16(15)18/h2-3,6-7,13-14,17,21H,4-5,8-12H2,1H3. The van der Waals surface area contributed by atoms with Crippen LogP contribution in [0.15, 0.2) is 28.7 Å². The Labute approximate surface area is 136 Å². The van der Waals surface area contributed by atoms with Crippen molar-refractivity contribution < 1.29 is 5.11 Å². The van der Waals surface area contributed by atoms with Crippen LogP contribution >= 0.6 is 15.9 Å². The van der Waals surface area contributed by atoms with Gasteiger partial charge in [-0.25, -0.2) is 0 Å². The summed E-state index contributed by atoms with van der Waals surface area (Å²) in [5.41, 5.74) is 1.00. The second kappa shape index (κ2) is 6.78. The molecule has 1 aromatic rings. The summed E-state index contributed by atoms with van der Waals surface area (Å²) in [5, 5.41) is 10.4. The van der Waals surface area contributed by atoms with Gasteiger partial charge in [0.1, 0.15) is 0 Å². The molecule has 0 aliphatic carbocycles. The predicted molar refractivity (Wildman–Crippen MR) is 89.3 cm³/mol. The van der Waals surface area contributed by atoms with Crippen LogP contribution in [0.2, 0.25) is 0 Å². The van der Waals surface area contributed by atoms with Gasteiger partial charge in [0, 0.05) is 36.2 Å². The van der Waals surface area contributed by atoms with E-state index in [0.29, 0.717) is 6.04 Å². The molecule has 0 amide bonds. The number of hydrogen-bond donors (Lipinski definition) is 1. The summed E-state index contributed by atoms with van der Waals surface area (Å²) in [6.45, 7) is 6.94. The van der Waals surface area contributed by atoms with E-state index in [-0.39, 0.29) is 6.10 Å². The molecule has 3 rings (SSSR count). The maximum absolute atomic E-state index is 10.4. The Bertz CT molecular complexity index is 482. The first kappa shape index (κ1) is 15.5. The smallest absolute Gasteiger partial charge is 0.0813 e. The van der Waals surface area contributed by atoms with Gasteiger partial charge in [0.2, 0.25) is 0 Å². The minimum atomic E-state index is -0.380. The number of piperazine rings is 1. The van der Waals surface area contributed by atoms with Crippen molar-refractivity contribution in [3.05, 3.63) is 34.3 Å². The zero-order valence-electron chi connectivity index (χ0n) is 12.7. The van der Waals surface area contributed by atoms with E-state index in [1.807, 2.05) is 24.3 Å². The molecule has 2 aliphatic heterocycles.